The van der Waals surface area contributed by atoms with Crippen molar-refractivity contribution in [3.05, 3.63) is 48.6 Å². The first-order valence-corrected chi connectivity index (χ1v) is 30.1. The van der Waals surface area contributed by atoms with E-state index in [4.69, 9.17) is 14.2 Å². The second-order valence-corrected chi connectivity index (χ2v) is 20.3. The normalized spacial score (nSPS) is 12.3. The van der Waals surface area contributed by atoms with Gasteiger partial charge in [0.15, 0.2) is 6.10 Å². The molecule has 0 bridgehead atoms. The summed E-state index contributed by atoms with van der Waals surface area (Å²) in [5.74, 6) is -0.876. The Bertz CT molecular complexity index is 1200. The Hall–Kier alpha value is -2.63. The number of allylic oxidation sites excluding steroid dienone is 8. The molecule has 0 aliphatic heterocycles. The molecule has 0 aromatic carbocycles. The van der Waals surface area contributed by atoms with Gasteiger partial charge >= 0.3 is 17.9 Å². The summed E-state index contributed by atoms with van der Waals surface area (Å²) < 4.78 is 16.9. The molecule has 0 aliphatic rings. The zero-order valence-electron chi connectivity index (χ0n) is 46.1. The summed E-state index contributed by atoms with van der Waals surface area (Å²) >= 11 is 0. The SMILES string of the molecule is CCCCC/C=C\C/C=C\C/C=C\CCCCCCCCC(=O)OC[C@@H](COC(=O)CCCCCCCCCCCCCCCCC)OC(=O)CCCCCCCCC/C=C\CCCCCCCC. The summed E-state index contributed by atoms with van der Waals surface area (Å²) in [5.41, 5.74) is 0. The number of ether oxygens (including phenoxy) is 3. The number of hydrogen-bond acceptors (Lipinski definition) is 6. The van der Waals surface area contributed by atoms with Crippen LogP contribution >= 0.6 is 0 Å². The number of hydrogen-bond donors (Lipinski definition) is 0. The number of unbranched alkanes of at least 4 members (excludes halogenated alkanes) is 36. The first kappa shape index (κ1) is 66.4. The van der Waals surface area contributed by atoms with E-state index in [-0.39, 0.29) is 31.1 Å². The van der Waals surface area contributed by atoms with Crippen LogP contribution in [0.4, 0.5) is 0 Å². The molecular formula is C63H114O6. The van der Waals surface area contributed by atoms with Crippen molar-refractivity contribution in [3.63, 3.8) is 0 Å². The monoisotopic (exact) mass is 967 g/mol. The minimum Gasteiger partial charge on any atom is -0.462 e. The summed E-state index contributed by atoms with van der Waals surface area (Å²) in [7, 11) is 0. The lowest BCUT2D eigenvalue weighted by Gasteiger charge is -2.18. The van der Waals surface area contributed by atoms with Crippen molar-refractivity contribution in [1.82, 2.24) is 0 Å². The molecule has 69 heavy (non-hydrogen) atoms. The Kier molecular flexibility index (Phi) is 55.7. The molecule has 0 N–H and O–H groups in total. The zero-order chi connectivity index (χ0) is 50.0. The third kappa shape index (κ3) is 56.2. The Morgan fingerprint density at radius 1 is 0.290 bits per heavy atom. The van der Waals surface area contributed by atoms with Gasteiger partial charge in [0.1, 0.15) is 13.2 Å². The van der Waals surface area contributed by atoms with Crippen LogP contribution in [0.5, 0.6) is 0 Å². The number of carbonyl (C=O) groups excluding carboxylic acids is 3. The smallest absolute Gasteiger partial charge is 0.306 e. The fourth-order valence-electron chi connectivity index (χ4n) is 8.74. The van der Waals surface area contributed by atoms with Crippen LogP contribution in [-0.2, 0) is 28.6 Å². The number of esters is 3. The first-order chi connectivity index (χ1) is 34.0. The van der Waals surface area contributed by atoms with Crippen LogP contribution in [-0.4, -0.2) is 37.2 Å². The fourth-order valence-corrected chi connectivity index (χ4v) is 8.74. The van der Waals surface area contributed by atoms with Gasteiger partial charge in [0.05, 0.1) is 0 Å². The maximum atomic E-state index is 12.9. The third-order valence-corrected chi connectivity index (χ3v) is 13.3. The topological polar surface area (TPSA) is 78.9 Å². The highest BCUT2D eigenvalue weighted by molar-refractivity contribution is 5.71. The average molecular weight is 968 g/mol. The largest absolute Gasteiger partial charge is 0.462 e. The van der Waals surface area contributed by atoms with Crippen LogP contribution in [0.3, 0.4) is 0 Å². The predicted octanol–water partition coefficient (Wildman–Crippen LogP) is 20.2. The van der Waals surface area contributed by atoms with Crippen molar-refractivity contribution in [2.24, 2.45) is 0 Å². The van der Waals surface area contributed by atoms with E-state index in [0.717, 1.165) is 77.0 Å². The molecule has 0 rings (SSSR count). The lowest BCUT2D eigenvalue weighted by molar-refractivity contribution is -0.167. The van der Waals surface area contributed by atoms with Gasteiger partial charge in [0, 0.05) is 19.3 Å². The summed E-state index contributed by atoms with van der Waals surface area (Å²) in [6.45, 7) is 6.64. The molecule has 6 heteroatoms. The van der Waals surface area contributed by atoms with E-state index in [0.29, 0.717) is 19.3 Å². The molecule has 0 aromatic heterocycles. The lowest BCUT2D eigenvalue weighted by Crippen LogP contribution is -2.30. The van der Waals surface area contributed by atoms with Crippen molar-refractivity contribution in [2.45, 2.75) is 322 Å². The second kappa shape index (κ2) is 57.9. The van der Waals surface area contributed by atoms with E-state index < -0.39 is 6.10 Å². The number of rotatable bonds is 55. The number of carbonyl (C=O) groups is 3. The van der Waals surface area contributed by atoms with Crippen molar-refractivity contribution in [2.75, 3.05) is 13.2 Å². The highest BCUT2D eigenvalue weighted by Crippen LogP contribution is 2.16. The van der Waals surface area contributed by atoms with Crippen LogP contribution in [0.1, 0.15) is 316 Å². The third-order valence-electron chi connectivity index (χ3n) is 13.3. The van der Waals surface area contributed by atoms with E-state index in [1.807, 2.05) is 0 Å². The van der Waals surface area contributed by atoms with E-state index >= 15 is 0 Å². The molecule has 0 radical (unpaired) electrons. The summed E-state index contributed by atoms with van der Waals surface area (Å²) in [6.07, 6.45) is 71.0. The Labute approximate surface area is 428 Å². The highest BCUT2D eigenvalue weighted by Gasteiger charge is 2.19. The summed E-state index contributed by atoms with van der Waals surface area (Å²) in [4.78, 5) is 38.2. The maximum Gasteiger partial charge on any atom is 0.306 e. The van der Waals surface area contributed by atoms with E-state index in [2.05, 4.69) is 69.4 Å². The Morgan fingerprint density at radius 2 is 0.522 bits per heavy atom. The molecule has 0 aromatic rings. The lowest BCUT2D eigenvalue weighted by atomic mass is 10.0. The quantitative estimate of drug-likeness (QED) is 0.0262. The maximum absolute atomic E-state index is 12.9. The van der Waals surface area contributed by atoms with Crippen molar-refractivity contribution in [1.29, 1.82) is 0 Å². The van der Waals surface area contributed by atoms with Gasteiger partial charge in [-0.15, -0.1) is 0 Å². The molecule has 0 spiro atoms. The molecule has 0 aliphatic carbocycles. The standard InChI is InChI=1S/C63H114O6/c1-4-7-10-13-16-19-22-25-28-30-31-33-35-38-41-44-47-50-53-56-62(65)68-59-60(58-67-61(64)55-52-49-46-43-40-37-34-27-24-21-18-15-12-9-6-3)69-63(66)57-54-51-48-45-42-39-36-32-29-26-23-20-17-14-11-8-5-2/h16,19,25-26,28-29,31,33,60H,4-15,17-18,20-24,27,30,32,34-59H2,1-3H3/b19-16-,28-25-,29-26-,33-31-/t60-/m1/s1. The van der Waals surface area contributed by atoms with Gasteiger partial charge in [-0.3, -0.25) is 14.4 Å². The van der Waals surface area contributed by atoms with Crippen LogP contribution in [0.15, 0.2) is 48.6 Å². The van der Waals surface area contributed by atoms with Crippen molar-refractivity contribution >= 4 is 17.9 Å². The summed E-state index contributed by atoms with van der Waals surface area (Å²) in [5, 5.41) is 0. The molecule has 0 amide bonds. The van der Waals surface area contributed by atoms with Gasteiger partial charge in [0.2, 0.25) is 0 Å². The van der Waals surface area contributed by atoms with Gasteiger partial charge in [-0.1, -0.05) is 262 Å². The van der Waals surface area contributed by atoms with Gasteiger partial charge in [-0.05, 0) is 83.5 Å². The first-order valence-electron chi connectivity index (χ1n) is 30.1. The van der Waals surface area contributed by atoms with Crippen molar-refractivity contribution < 1.29 is 28.6 Å². The zero-order valence-corrected chi connectivity index (χ0v) is 46.1. The summed E-state index contributed by atoms with van der Waals surface area (Å²) in [6, 6.07) is 0. The van der Waals surface area contributed by atoms with Crippen LogP contribution < -0.4 is 0 Å². The highest BCUT2D eigenvalue weighted by atomic mass is 16.6. The van der Waals surface area contributed by atoms with Crippen LogP contribution in [0.25, 0.3) is 0 Å². The van der Waals surface area contributed by atoms with E-state index in [1.165, 1.54) is 199 Å². The van der Waals surface area contributed by atoms with Crippen LogP contribution in [0, 0.1) is 0 Å². The Balaban J connectivity index is 4.38. The van der Waals surface area contributed by atoms with Gasteiger partial charge in [-0.2, -0.15) is 0 Å². The molecule has 1 atom stereocenters. The van der Waals surface area contributed by atoms with Gasteiger partial charge in [-0.25, -0.2) is 0 Å². The molecule has 6 nitrogen and oxygen atoms in total. The van der Waals surface area contributed by atoms with E-state index in [9.17, 15) is 14.4 Å². The molecule has 0 saturated heterocycles. The second-order valence-electron chi connectivity index (χ2n) is 20.3. The van der Waals surface area contributed by atoms with E-state index in [1.54, 1.807) is 0 Å². The molecule has 0 fully saturated rings. The van der Waals surface area contributed by atoms with Crippen LogP contribution in [0.2, 0.25) is 0 Å². The minimum absolute atomic E-state index is 0.0758. The Morgan fingerprint density at radius 3 is 0.855 bits per heavy atom. The molecular weight excluding hydrogens is 853 g/mol. The van der Waals surface area contributed by atoms with Crippen molar-refractivity contribution in [3.8, 4) is 0 Å². The molecule has 0 heterocycles. The molecule has 0 saturated carbocycles. The fraction of sp³-hybridized carbons (Fsp3) is 0.825. The molecule has 0 unspecified atom stereocenters. The predicted molar refractivity (Wildman–Crippen MR) is 298 cm³/mol. The average Bonchev–Trinajstić information content (AvgIpc) is 3.35. The van der Waals surface area contributed by atoms with Gasteiger partial charge in [0.25, 0.3) is 0 Å². The van der Waals surface area contributed by atoms with Gasteiger partial charge < -0.3 is 14.2 Å². The molecule has 402 valence electrons. The minimum atomic E-state index is -0.779.